The highest BCUT2D eigenvalue weighted by Crippen LogP contribution is 2.15. The molecule has 0 aromatic carbocycles. The van der Waals surface area contributed by atoms with E-state index in [4.69, 9.17) is 0 Å². The summed E-state index contributed by atoms with van der Waals surface area (Å²) < 4.78 is 1.93. The molecule has 0 saturated carbocycles. The van der Waals surface area contributed by atoms with Crippen LogP contribution < -0.4 is 5.32 Å². The number of nitrogens with zero attached hydrogens (tertiary/aromatic N) is 2. The van der Waals surface area contributed by atoms with Crippen LogP contribution in [0.4, 0.5) is 0 Å². The Morgan fingerprint density at radius 2 is 2.31 bits per heavy atom. The molecule has 1 unspecified atom stereocenters. The first kappa shape index (κ1) is 13.6. The lowest BCUT2D eigenvalue weighted by Crippen LogP contribution is -2.20. The number of hydrogen-bond donors (Lipinski definition) is 1. The van der Waals surface area contributed by atoms with Gasteiger partial charge in [0.15, 0.2) is 0 Å². The molecule has 0 amide bonds. The van der Waals surface area contributed by atoms with Crippen molar-refractivity contribution in [3.8, 4) is 0 Å². The predicted molar refractivity (Wildman–Crippen MR) is 72.0 cm³/mol. The highest BCUT2D eigenvalue weighted by molar-refractivity contribution is 7.99. The van der Waals surface area contributed by atoms with Crippen LogP contribution in [0.15, 0.2) is 6.20 Å². The summed E-state index contributed by atoms with van der Waals surface area (Å²) in [5.74, 6) is 2.47. The van der Waals surface area contributed by atoms with Gasteiger partial charge in [0, 0.05) is 24.3 Å². The van der Waals surface area contributed by atoms with Gasteiger partial charge in [-0.25, -0.2) is 0 Å². The number of thioether (sulfide) groups is 1. The number of aryl methyl sites for hydroxylation is 1. The van der Waals surface area contributed by atoms with Crippen molar-refractivity contribution in [2.24, 2.45) is 7.05 Å². The van der Waals surface area contributed by atoms with E-state index in [0.29, 0.717) is 6.04 Å². The molecule has 92 valence electrons. The topological polar surface area (TPSA) is 29.9 Å². The van der Waals surface area contributed by atoms with Gasteiger partial charge in [-0.2, -0.15) is 16.9 Å². The van der Waals surface area contributed by atoms with Crippen molar-refractivity contribution in [1.29, 1.82) is 0 Å². The van der Waals surface area contributed by atoms with Gasteiger partial charge in [-0.05, 0) is 38.3 Å². The zero-order chi connectivity index (χ0) is 12.0. The minimum absolute atomic E-state index is 0.403. The molecule has 16 heavy (non-hydrogen) atoms. The first-order valence-corrected chi connectivity index (χ1v) is 7.12. The molecule has 0 fully saturated rings. The van der Waals surface area contributed by atoms with Crippen molar-refractivity contribution in [3.63, 3.8) is 0 Å². The second-order valence-corrected chi connectivity index (χ2v) is 5.43. The van der Waals surface area contributed by atoms with Crippen LogP contribution in [-0.2, 0) is 7.05 Å². The van der Waals surface area contributed by atoms with Gasteiger partial charge in [0.1, 0.15) is 0 Å². The lowest BCUT2D eigenvalue weighted by molar-refractivity contribution is 0.568. The largest absolute Gasteiger partial charge is 0.310 e. The molecule has 0 aliphatic heterocycles. The van der Waals surface area contributed by atoms with Crippen LogP contribution in [0.3, 0.4) is 0 Å². The van der Waals surface area contributed by atoms with Crippen molar-refractivity contribution < 1.29 is 0 Å². The van der Waals surface area contributed by atoms with Gasteiger partial charge in [0.05, 0.1) is 6.20 Å². The van der Waals surface area contributed by atoms with Crippen LogP contribution in [0, 0.1) is 6.92 Å². The fourth-order valence-corrected chi connectivity index (χ4v) is 2.33. The molecule has 0 radical (unpaired) electrons. The third-order valence-corrected chi connectivity index (χ3v) is 3.85. The van der Waals surface area contributed by atoms with Gasteiger partial charge < -0.3 is 5.32 Å². The monoisotopic (exact) mass is 241 g/mol. The maximum atomic E-state index is 4.27. The number of aromatic nitrogens is 2. The lowest BCUT2D eigenvalue weighted by Gasteiger charge is -2.13. The molecule has 1 aromatic heterocycles. The molecule has 1 heterocycles. The van der Waals surface area contributed by atoms with Crippen LogP contribution >= 0.6 is 11.8 Å². The Morgan fingerprint density at radius 1 is 1.56 bits per heavy atom. The molecule has 1 N–H and O–H groups in total. The van der Waals surface area contributed by atoms with Crippen LogP contribution in [0.2, 0.25) is 0 Å². The van der Waals surface area contributed by atoms with E-state index in [1.165, 1.54) is 29.2 Å². The molecule has 0 aliphatic rings. The van der Waals surface area contributed by atoms with E-state index in [1.54, 1.807) is 0 Å². The summed E-state index contributed by atoms with van der Waals surface area (Å²) in [5.41, 5.74) is 2.56. The Balaban J connectivity index is 2.30. The summed E-state index contributed by atoms with van der Waals surface area (Å²) in [6.07, 6.45) is 3.20. The molecule has 0 aliphatic carbocycles. The van der Waals surface area contributed by atoms with Gasteiger partial charge in [0.25, 0.3) is 0 Å². The summed E-state index contributed by atoms with van der Waals surface area (Å²) in [6.45, 7) is 7.62. The van der Waals surface area contributed by atoms with Gasteiger partial charge in [0.2, 0.25) is 0 Å². The molecule has 0 bridgehead atoms. The highest BCUT2D eigenvalue weighted by atomic mass is 32.2. The minimum atomic E-state index is 0.403. The fourth-order valence-electron chi connectivity index (χ4n) is 1.69. The van der Waals surface area contributed by atoms with Crippen LogP contribution in [0.5, 0.6) is 0 Å². The van der Waals surface area contributed by atoms with E-state index in [1.807, 2.05) is 29.7 Å². The summed E-state index contributed by atoms with van der Waals surface area (Å²) in [7, 11) is 1.99. The van der Waals surface area contributed by atoms with E-state index in [9.17, 15) is 0 Å². The van der Waals surface area contributed by atoms with Crippen molar-refractivity contribution in [1.82, 2.24) is 15.1 Å². The quantitative estimate of drug-likeness (QED) is 0.744. The number of hydrogen-bond acceptors (Lipinski definition) is 3. The maximum absolute atomic E-state index is 4.27. The molecular formula is C12H23N3S. The SMILES string of the molecule is CCSCCCNC(C)c1cnn(C)c1C. The zero-order valence-electron chi connectivity index (χ0n) is 10.8. The van der Waals surface area contributed by atoms with Crippen LogP contribution in [0.1, 0.15) is 37.6 Å². The van der Waals surface area contributed by atoms with E-state index in [-0.39, 0.29) is 0 Å². The first-order chi connectivity index (χ1) is 7.66. The maximum Gasteiger partial charge on any atom is 0.0540 e. The van der Waals surface area contributed by atoms with Gasteiger partial charge in [-0.1, -0.05) is 6.92 Å². The second kappa shape index (κ2) is 6.97. The average Bonchev–Trinajstić information content (AvgIpc) is 2.59. The van der Waals surface area contributed by atoms with Crippen molar-refractivity contribution >= 4 is 11.8 Å². The summed E-state index contributed by atoms with van der Waals surface area (Å²) in [4.78, 5) is 0. The Morgan fingerprint density at radius 3 is 2.88 bits per heavy atom. The Hall–Kier alpha value is -0.480. The Bertz CT molecular complexity index is 309. The summed E-state index contributed by atoms with van der Waals surface area (Å²) >= 11 is 2.01. The van der Waals surface area contributed by atoms with Crippen molar-refractivity contribution in [2.75, 3.05) is 18.1 Å². The molecule has 4 heteroatoms. The number of nitrogens with one attached hydrogen (secondary N) is 1. The molecule has 1 rings (SSSR count). The van der Waals surface area contributed by atoms with Crippen molar-refractivity contribution in [3.05, 3.63) is 17.5 Å². The third-order valence-electron chi connectivity index (χ3n) is 2.86. The number of rotatable bonds is 7. The van der Waals surface area contributed by atoms with Crippen LogP contribution in [0.25, 0.3) is 0 Å². The minimum Gasteiger partial charge on any atom is -0.310 e. The zero-order valence-corrected chi connectivity index (χ0v) is 11.6. The molecule has 1 atom stereocenters. The molecule has 0 spiro atoms. The Kier molecular flexibility index (Phi) is 5.91. The smallest absolute Gasteiger partial charge is 0.0540 e. The predicted octanol–water partition coefficient (Wildman–Crippen LogP) is 2.52. The normalized spacial score (nSPS) is 13.0. The Labute approximate surface area is 103 Å². The summed E-state index contributed by atoms with van der Waals surface area (Å²) in [6, 6.07) is 0.403. The molecule has 3 nitrogen and oxygen atoms in total. The standard InChI is InChI=1S/C12H23N3S/c1-5-16-8-6-7-13-10(2)12-9-14-15(4)11(12)3/h9-10,13H,5-8H2,1-4H3. The van der Waals surface area contributed by atoms with Crippen molar-refractivity contribution in [2.45, 2.75) is 33.2 Å². The first-order valence-electron chi connectivity index (χ1n) is 5.96. The van der Waals surface area contributed by atoms with Gasteiger partial charge in [-0.3, -0.25) is 4.68 Å². The van der Waals surface area contributed by atoms with E-state index in [2.05, 4.69) is 31.2 Å². The van der Waals surface area contributed by atoms with E-state index in [0.717, 1.165) is 6.54 Å². The van der Waals surface area contributed by atoms with Gasteiger partial charge in [-0.15, -0.1) is 0 Å². The van der Waals surface area contributed by atoms with Crippen LogP contribution in [-0.4, -0.2) is 27.8 Å². The summed E-state index contributed by atoms with van der Waals surface area (Å²) in [5, 5.41) is 7.81. The van der Waals surface area contributed by atoms with Gasteiger partial charge >= 0.3 is 0 Å². The molecular weight excluding hydrogens is 218 g/mol. The highest BCUT2D eigenvalue weighted by Gasteiger charge is 2.10. The lowest BCUT2D eigenvalue weighted by atomic mass is 10.1. The average molecular weight is 241 g/mol. The van der Waals surface area contributed by atoms with E-state index < -0.39 is 0 Å². The van der Waals surface area contributed by atoms with E-state index >= 15 is 0 Å². The fraction of sp³-hybridized carbons (Fsp3) is 0.750. The molecule has 0 saturated heterocycles. The third kappa shape index (κ3) is 3.83. The molecule has 1 aromatic rings. The second-order valence-electron chi connectivity index (χ2n) is 4.04.